The Hall–Kier alpha value is -1.96. The highest BCUT2D eigenvalue weighted by molar-refractivity contribution is 7.92. The number of hydrogen-bond donors (Lipinski definition) is 2. The summed E-state index contributed by atoms with van der Waals surface area (Å²) in [6.07, 6.45) is 0.315. The molecule has 1 amide bonds. The molecule has 7 nitrogen and oxygen atoms in total. The summed E-state index contributed by atoms with van der Waals surface area (Å²) < 4.78 is 30.9. The van der Waals surface area contributed by atoms with Crippen LogP contribution in [0.5, 0.6) is 5.75 Å². The molecule has 0 bridgehead atoms. The molecule has 0 fully saturated rings. The van der Waals surface area contributed by atoms with Gasteiger partial charge in [-0.1, -0.05) is 19.4 Å². The van der Waals surface area contributed by atoms with Crippen molar-refractivity contribution >= 4 is 21.8 Å². The molecule has 8 heteroatoms. The second-order valence-electron chi connectivity index (χ2n) is 4.71. The van der Waals surface area contributed by atoms with E-state index in [9.17, 15) is 13.2 Å². The van der Waals surface area contributed by atoms with Gasteiger partial charge in [-0.25, -0.2) is 13.2 Å². The lowest BCUT2D eigenvalue weighted by Gasteiger charge is -2.20. The van der Waals surface area contributed by atoms with E-state index in [1.54, 1.807) is 24.3 Å². The Balaban J connectivity index is 2.68. The predicted molar refractivity (Wildman–Crippen MR) is 85.1 cm³/mol. The average molecular weight is 330 g/mol. The highest BCUT2D eigenvalue weighted by Crippen LogP contribution is 2.22. The largest absolute Gasteiger partial charge is 0.492 e. The summed E-state index contributed by atoms with van der Waals surface area (Å²) in [7, 11) is -1.83. The first-order valence-electron chi connectivity index (χ1n) is 7.03. The third kappa shape index (κ3) is 5.80. The maximum absolute atomic E-state index is 12.1. The fraction of sp³-hybridized carbons (Fsp3) is 0.500. The van der Waals surface area contributed by atoms with Crippen molar-refractivity contribution in [3.05, 3.63) is 24.3 Å². The summed E-state index contributed by atoms with van der Waals surface area (Å²) in [6.45, 7) is 2.27. The van der Waals surface area contributed by atoms with Crippen LogP contribution in [-0.4, -0.2) is 45.6 Å². The van der Waals surface area contributed by atoms with E-state index in [4.69, 9.17) is 9.84 Å². The van der Waals surface area contributed by atoms with Gasteiger partial charge in [-0.2, -0.15) is 0 Å². The standard InChI is InChI=1S/C14H22N2O5S/c1-3-4-10-22(19,20)16(2)12-6-5-7-13(11-12)21-9-8-15-14(17)18/h5-7,11,15H,3-4,8-10H2,1-2H3,(H,17,18). The van der Waals surface area contributed by atoms with Gasteiger partial charge in [0.15, 0.2) is 0 Å². The molecule has 124 valence electrons. The van der Waals surface area contributed by atoms with E-state index >= 15 is 0 Å². The van der Waals surface area contributed by atoms with Gasteiger partial charge in [-0.05, 0) is 18.6 Å². The molecule has 0 aromatic heterocycles. The molecule has 1 aromatic carbocycles. The summed E-state index contributed by atoms with van der Waals surface area (Å²) in [5, 5.41) is 10.6. The van der Waals surface area contributed by atoms with E-state index in [-0.39, 0.29) is 18.9 Å². The first kappa shape index (κ1) is 18.1. The number of unbranched alkanes of at least 4 members (excludes halogenated alkanes) is 1. The zero-order valence-corrected chi connectivity index (χ0v) is 13.6. The number of nitrogens with zero attached hydrogens (tertiary/aromatic N) is 1. The molecular weight excluding hydrogens is 308 g/mol. The Morgan fingerprint density at radius 3 is 2.77 bits per heavy atom. The lowest BCUT2D eigenvalue weighted by molar-refractivity contribution is 0.191. The minimum Gasteiger partial charge on any atom is -0.492 e. The maximum atomic E-state index is 12.1. The topological polar surface area (TPSA) is 95.9 Å². The maximum Gasteiger partial charge on any atom is 0.404 e. The molecule has 0 saturated carbocycles. The molecule has 0 unspecified atom stereocenters. The molecule has 0 atom stereocenters. The van der Waals surface area contributed by atoms with Crippen LogP contribution in [0.1, 0.15) is 19.8 Å². The number of sulfonamides is 1. The van der Waals surface area contributed by atoms with Crippen molar-refractivity contribution < 1.29 is 23.1 Å². The SMILES string of the molecule is CCCCS(=O)(=O)N(C)c1cccc(OCCNC(=O)O)c1. The second-order valence-corrected chi connectivity index (χ2v) is 6.83. The summed E-state index contributed by atoms with van der Waals surface area (Å²) in [5.74, 6) is 0.593. The van der Waals surface area contributed by atoms with Gasteiger partial charge in [0.1, 0.15) is 12.4 Å². The van der Waals surface area contributed by atoms with Gasteiger partial charge in [0.25, 0.3) is 0 Å². The Kier molecular flexibility index (Phi) is 6.97. The van der Waals surface area contributed by atoms with Crippen molar-refractivity contribution in [1.29, 1.82) is 0 Å². The van der Waals surface area contributed by atoms with Crippen molar-refractivity contribution in [2.45, 2.75) is 19.8 Å². The van der Waals surface area contributed by atoms with Gasteiger partial charge in [-0.15, -0.1) is 0 Å². The third-order valence-electron chi connectivity index (χ3n) is 3.00. The van der Waals surface area contributed by atoms with Crippen LogP contribution >= 0.6 is 0 Å². The van der Waals surface area contributed by atoms with Gasteiger partial charge in [0, 0.05) is 13.1 Å². The van der Waals surface area contributed by atoms with E-state index in [1.165, 1.54) is 11.4 Å². The minimum atomic E-state index is -3.34. The van der Waals surface area contributed by atoms with Crippen molar-refractivity contribution in [2.24, 2.45) is 0 Å². The number of carboxylic acid groups (broad SMARTS) is 1. The zero-order valence-electron chi connectivity index (χ0n) is 12.8. The predicted octanol–water partition coefficient (Wildman–Crippen LogP) is 1.90. The van der Waals surface area contributed by atoms with Crippen molar-refractivity contribution in [3.63, 3.8) is 0 Å². The molecule has 0 saturated heterocycles. The molecule has 2 N–H and O–H groups in total. The Labute approximate surface area is 130 Å². The van der Waals surface area contributed by atoms with Gasteiger partial charge in [0.05, 0.1) is 18.0 Å². The molecule has 0 radical (unpaired) electrons. The second kappa shape index (κ2) is 8.47. The monoisotopic (exact) mass is 330 g/mol. The number of ether oxygens (including phenoxy) is 1. The minimum absolute atomic E-state index is 0.105. The molecule has 0 spiro atoms. The first-order valence-corrected chi connectivity index (χ1v) is 8.64. The van der Waals surface area contributed by atoms with Gasteiger partial charge in [0.2, 0.25) is 10.0 Å². The van der Waals surface area contributed by atoms with E-state index in [1.807, 2.05) is 6.92 Å². The molecule has 1 aromatic rings. The zero-order chi connectivity index (χ0) is 16.6. The van der Waals surface area contributed by atoms with Crippen LogP contribution in [0.4, 0.5) is 10.5 Å². The van der Waals surface area contributed by atoms with Crippen molar-refractivity contribution in [3.8, 4) is 5.75 Å². The molecule has 0 aliphatic rings. The Morgan fingerprint density at radius 1 is 1.41 bits per heavy atom. The van der Waals surface area contributed by atoms with Crippen LogP contribution in [0, 0.1) is 0 Å². The number of rotatable bonds is 9. The first-order chi connectivity index (χ1) is 10.4. The molecule has 0 aliphatic heterocycles. The average Bonchev–Trinajstić information content (AvgIpc) is 2.49. The van der Waals surface area contributed by atoms with Crippen molar-refractivity contribution in [2.75, 3.05) is 30.3 Å². The van der Waals surface area contributed by atoms with E-state index in [0.29, 0.717) is 17.9 Å². The van der Waals surface area contributed by atoms with Crippen LogP contribution in [0.2, 0.25) is 0 Å². The molecular formula is C14H22N2O5S. The van der Waals surface area contributed by atoms with Crippen LogP contribution in [0.3, 0.4) is 0 Å². The van der Waals surface area contributed by atoms with E-state index < -0.39 is 16.1 Å². The Bertz CT molecular complexity index is 589. The number of benzene rings is 1. The summed E-state index contributed by atoms with van der Waals surface area (Å²) in [5.41, 5.74) is 0.514. The van der Waals surface area contributed by atoms with Crippen LogP contribution in [0.25, 0.3) is 0 Å². The Morgan fingerprint density at radius 2 is 2.14 bits per heavy atom. The summed E-state index contributed by atoms with van der Waals surface area (Å²) >= 11 is 0. The highest BCUT2D eigenvalue weighted by atomic mass is 32.2. The summed E-state index contributed by atoms with van der Waals surface area (Å²) in [6, 6.07) is 6.69. The van der Waals surface area contributed by atoms with Crippen LogP contribution in [-0.2, 0) is 10.0 Å². The fourth-order valence-corrected chi connectivity index (χ4v) is 3.08. The molecule has 1 rings (SSSR count). The normalized spacial score (nSPS) is 11.0. The number of amides is 1. The number of hydrogen-bond acceptors (Lipinski definition) is 4. The van der Waals surface area contributed by atoms with Crippen LogP contribution < -0.4 is 14.4 Å². The summed E-state index contributed by atoms with van der Waals surface area (Å²) in [4.78, 5) is 10.3. The van der Waals surface area contributed by atoms with E-state index in [2.05, 4.69) is 5.32 Å². The van der Waals surface area contributed by atoms with Gasteiger partial charge >= 0.3 is 6.09 Å². The number of nitrogens with one attached hydrogen (secondary N) is 1. The quantitative estimate of drug-likeness (QED) is 0.674. The molecule has 0 aliphatic carbocycles. The molecule has 22 heavy (non-hydrogen) atoms. The number of carbonyl (C=O) groups is 1. The van der Waals surface area contributed by atoms with Gasteiger partial charge < -0.3 is 15.2 Å². The lowest BCUT2D eigenvalue weighted by Crippen LogP contribution is -2.29. The van der Waals surface area contributed by atoms with Crippen molar-refractivity contribution in [1.82, 2.24) is 5.32 Å². The van der Waals surface area contributed by atoms with Crippen LogP contribution in [0.15, 0.2) is 24.3 Å². The van der Waals surface area contributed by atoms with Gasteiger partial charge in [-0.3, -0.25) is 4.31 Å². The van der Waals surface area contributed by atoms with E-state index in [0.717, 1.165) is 6.42 Å². The number of anilines is 1. The highest BCUT2D eigenvalue weighted by Gasteiger charge is 2.17. The smallest absolute Gasteiger partial charge is 0.404 e. The molecule has 0 heterocycles. The third-order valence-corrected chi connectivity index (χ3v) is 4.85. The fourth-order valence-electron chi connectivity index (χ4n) is 1.72. The lowest BCUT2D eigenvalue weighted by atomic mass is 10.3.